The smallest absolute Gasteiger partial charge is 0.227 e. The Morgan fingerprint density at radius 3 is 2.59 bits per heavy atom. The van der Waals surface area contributed by atoms with Gasteiger partial charge >= 0.3 is 0 Å². The number of nitrogens with zero attached hydrogens (tertiary/aromatic N) is 3. The van der Waals surface area contributed by atoms with Crippen molar-refractivity contribution in [3.05, 3.63) is 96.8 Å². The van der Waals surface area contributed by atoms with Gasteiger partial charge < -0.3 is 18.9 Å². The third-order valence-electron chi connectivity index (χ3n) is 6.75. The molecule has 190 valence electrons. The van der Waals surface area contributed by atoms with Crippen molar-refractivity contribution in [1.82, 2.24) is 9.55 Å². The Balaban J connectivity index is 1.34. The van der Waals surface area contributed by atoms with Crippen molar-refractivity contribution < 1.29 is 14.3 Å². The molecular formula is C31H33N3O3. The Morgan fingerprint density at radius 1 is 1.00 bits per heavy atom. The van der Waals surface area contributed by atoms with Crippen LogP contribution in [0.1, 0.15) is 37.1 Å². The number of para-hydroxylation sites is 5. The number of imidazole rings is 1. The number of carbonyl (C=O) groups is 1. The molecule has 1 atom stereocenters. The first kappa shape index (κ1) is 24.6. The largest absolute Gasteiger partial charge is 0.493 e. The molecule has 0 saturated carbocycles. The van der Waals surface area contributed by atoms with E-state index >= 15 is 0 Å². The summed E-state index contributed by atoms with van der Waals surface area (Å²) in [7, 11) is 0. The van der Waals surface area contributed by atoms with Crippen LogP contribution in [0.4, 0.5) is 5.69 Å². The highest BCUT2D eigenvalue weighted by Crippen LogP contribution is 2.37. The first-order valence-electron chi connectivity index (χ1n) is 13.0. The van der Waals surface area contributed by atoms with Crippen molar-refractivity contribution in [2.75, 3.05) is 24.7 Å². The van der Waals surface area contributed by atoms with Crippen LogP contribution in [-0.4, -0.2) is 35.2 Å². The lowest BCUT2D eigenvalue weighted by Gasteiger charge is -2.20. The molecule has 0 bridgehead atoms. The zero-order chi connectivity index (χ0) is 25.6. The summed E-state index contributed by atoms with van der Waals surface area (Å²) in [6.45, 7) is 8.29. The standard InChI is InChI=1S/C31H33N3O3/c1-3-12-23-13-5-9-17-28(23)37-20-11-19-33-26-15-7-6-14-25(26)32-31(33)24-21-30(35)34(22-24)27-16-8-10-18-29(27)36-4-2/h3,5-10,13-18,24H,1,4,11-12,19-22H2,2H3. The lowest BCUT2D eigenvalue weighted by Crippen LogP contribution is -2.25. The summed E-state index contributed by atoms with van der Waals surface area (Å²) in [4.78, 5) is 20.0. The Bertz CT molecular complexity index is 1390. The lowest BCUT2D eigenvalue weighted by molar-refractivity contribution is -0.117. The second-order valence-electron chi connectivity index (χ2n) is 9.22. The van der Waals surface area contributed by atoms with Crippen LogP contribution in [0.25, 0.3) is 11.0 Å². The van der Waals surface area contributed by atoms with Crippen LogP contribution in [0, 0.1) is 0 Å². The van der Waals surface area contributed by atoms with Crippen molar-refractivity contribution in [2.45, 2.75) is 38.6 Å². The summed E-state index contributed by atoms with van der Waals surface area (Å²) >= 11 is 0. The molecule has 4 aromatic rings. The maximum atomic E-state index is 13.2. The van der Waals surface area contributed by atoms with Crippen LogP contribution < -0.4 is 14.4 Å². The molecule has 37 heavy (non-hydrogen) atoms. The van der Waals surface area contributed by atoms with Crippen LogP contribution in [0.5, 0.6) is 11.5 Å². The van der Waals surface area contributed by atoms with E-state index in [-0.39, 0.29) is 11.8 Å². The third-order valence-corrected chi connectivity index (χ3v) is 6.75. The van der Waals surface area contributed by atoms with E-state index in [4.69, 9.17) is 14.5 Å². The van der Waals surface area contributed by atoms with Crippen LogP contribution in [0.3, 0.4) is 0 Å². The SMILES string of the molecule is C=CCc1ccccc1OCCCn1c(C2CC(=O)N(c3ccccc3OCC)C2)nc2ccccc21. The molecule has 0 aliphatic carbocycles. The van der Waals surface area contributed by atoms with Gasteiger partial charge in [0.25, 0.3) is 0 Å². The summed E-state index contributed by atoms with van der Waals surface area (Å²) in [6.07, 6.45) is 3.93. The van der Waals surface area contributed by atoms with Gasteiger partial charge in [-0.15, -0.1) is 6.58 Å². The molecule has 0 spiro atoms. The Kier molecular flexibility index (Phi) is 7.54. The fraction of sp³-hybridized carbons (Fsp3) is 0.290. The highest BCUT2D eigenvalue weighted by molar-refractivity contribution is 5.97. The van der Waals surface area contributed by atoms with Gasteiger partial charge in [-0.25, -0.2) is 4.98 Å². The fourth-order valence-electron chi connectivity index (χ4n) is 5.09. The molecule has 6 nitrogen and oxygen atoms in total. The van der Waals surface area contributed by atoms with Gasteiger partial charge in [0.05, 0.1) is 29.9 Å². The van der Waals surface area contributed by atoms with Gasteiger partial charge in [0.2, 0.25) is 5.91 Å². The molecule has 3 aromatic carbocycles. The van der Waals surface area contributed by atoms with Crippen molar-refractivity contribution in [2.24, 2.45) is 0 Å². The van der Waals surface area contributed by atoms with Gasteiger partial charge in [-0.2, -0.15) is 0 Å². The summed E-state index contributed by atoms with van der Waals surface area (Å²) in [6, 6.07) is 24.0. The molecule has 6 heteroatoms. The number of fused-ring (bicyclic) bond motifs is 1. The molecule has 1 amide bonds. The number of aromatic nitrogens is 2. The molecule has 1 aliphatic rings. The van der Waals surface area contributed by atoms with Crippen molar-refractivity contribution in [3.63, 3.8) is 0 Å². The highest BCUT2D eigenvalue weighted by atomic mass is 16.5. The minimum absolute atomic E-state index is 0.00354. The first-order chi connectivity index (χ1) is 18.2. The zero-order valence-corrected chi connectivity index (χ0v) is 21.3. The normalized spacial score (nSPS) is 15.3. The van der Waals surface area contributed by atoms with Gasteiger partial charge in [-0.3, -0.25) is 4.79 Å². The maximum Gasteiger partial charge on any atom is 0.227 e. The number of hydrogen-bond acceptors (Lipinski definition) is 4. The van der Waals surface area contributed by atoms with E-state index in [1.54, 1.807) is 0 Å². The predicted octanol–water partition coefficient (Wildman–Crippen LogP) is 6.15. The zero-order valence-electron chi connectivity index (χ0n) is 21.3. The van der Waals surface area contributed by atoms with Crippen molar-refractivity contribution >= 4 is 22.6 Å². The number of benzene rings is 3. The van der Waals surface area contributed by atoms with Gasteiger partial charge in [0.1, 0.15) is 17.3 Å². The molecule has 0 N–H and O–H groups in total. The number of anilines is 1. The molecule has 1 aliphatic heterocycles. The summed E-state index contributed by atoms with van der Waals surface area (Å²) in [5.74, 6) is 2.70. The van der Waals surface area contributed by atoms with Gasteiger partial charge in [-0.05, 0) is 55.7 Å². The minimum Gasteiger partial charge on any atom is -0.493 e. The topological polar surface area (TPSA) is 56.6 Å². The predicted molar refractivity (Wildman–Crippen MR) is 148 cm³/mol. The molecule has 5 rings (SSSR count). The minimum atomic E-state index is 0.00354. The number of aryl methyl sites for hydroxylation is 1. The third kappa shape index (κ3) is 5.24. The van der Waals surface area contributed by atoms with Crippen LogP contribution in [0.15, 0.2) is 85.5 Å². The monoisotopic (exact) mass is 495 g/mol. The Labute approximate surface area is 218 Å². The van der Waals surface area contributed by atoms with Gasteiger partial charge in [0.15, 0.2) is 0 Å². The van der Waals surface area contributed by atoms with Gasteiger partial charge in [0, 0.05) is 25.4 Å². The number of carbonyl (C=O) groups excluding carboxylic acids is 1. The molecule has 1 saturated heterocycles. The van der Waals surface area contributed by atoms with Crippen LogP contribution >= 0.6 is 0 Å². The molecule has 2 heterocycles. The van der Waals surface area contributed by atoms with Crippen molar-refractivity contribution in [1.29, 1.82) is 0 Å². The number of ether oxygens (including phenoxy) is 2. The lowest BCUT2D eigenvalue weighted by atomic mass is 10.1. The highest BCUT2D eigenvalue weighted by Gasteiger charge is 2.36. The molecule has 1 aromatic heterocycles. The summed E-state index contributed by atoms with van der Waals surface area (Å²) in [5.41, 5.74) is 4.01. The number of allylic oxidation sites excluding steroid dienone is 1. The number of amides is 1. The van der Waals surface area contributed by atoms with E-state index in [2.05, 4.69) is 23.3 Å². The molecule has 0 radical (unpaired) electrons. The quantitative estimate of drug-likeness (QED) is 0.185. The molecule has 1 fully saturated rings. The Hall–Kier alpha value is -4.06. The molecular weight excluding hydrogens is 462 g/mol. The fourth-order valence-corrected chi connectivity index (χ4v) is 5.09. The summed E-state index contributed by atoms with van der Waals surface area (Å²) in [5, 5.41) is 0. The van der Waals surface area contributed by atoms with E-state index in [0.717, 1.165) is 59.0 Å². The van der Waals surface area contributed by atoms with Crippen LogP contribution in [0.2, 0.25) is 0 Å². The average Bonchev–Trinajstić information content (AvgIpc) is 3.48. The number of rotatable bonds is 11. The van der Waals surface area contributed by atoms with E-state index < -0.39 is 0 Å². The average molecular weight is 496 g/mol. The van der Waals surface area contributed by atoms with E-state index in [0.29, 0.717) is 26.2 Å². The van der Waals surface area contributed by atoms with E-state index in [1.807, 2.05) is 78.6 Å². The van der Waals surface area contributed by atoms with E-state index in [1.165, 1.54) is 0 Å². The van der Waals surface area contributed by atoms with Gasteiger partial charge in [-0.1, -0.05) is 48.5 Å². The van der Waals surface area contributed by atoms with Crippen LogP contribution in [-0.2, 0) is 17.8 Å². The Morgan fingerprint density at radius 2 is 1.76 bits per heavy atom. The first-order valence-corrected chi connectivity index (χ1v) is 13.0. The summed E-state index contributed by atoms with van der Waals surface area (Å²) < 4.78 is 14.2. The molecule has 1 unspecified atom stereocenters. The number of hydrogen-bond donors (Lipinski definition) is 0. The second kappa shape index (κ2) is 11.3. The maximum absolute atomic E-state index is 13.2. The second-order valence-corrected chi connectivity index (χ2v) is 9.22. The van der Waals surface area contributed by atoms with E-state index in [9.17, 15) is 4.79 Å². The van der Waals surface area contributed by atoms with Crippen molar-refractivity contribution in [3.8, 4) is 11.5 Å².